The highest BCUT2D eigenvalue weighted by molar-refractivity contribution is 6.06. The van der Waals surface area contributed by atoms with Crippen molar-refractivity contribution in [1.82, 2.24) is 15.0 Å². The van der Waals surface area contributed by atoms with E-state index in [-0.39, 0.29) is 5.91 Å². The Bertz CT molecular complexity index is 1950. The summed E-state index contributed by atoms with van der Waals surface area (Å²) in [7, 11) is 0. The van der Waals surface area contributed by atoms with Gasteiger partial charge < -0.3 is 14.6 Å². The van der Waals surface area contributed by atoms with Crippen molar-refractivity contribution < 1.29 is 9.21 Å². The topological polar surface area (TPSA) is 93.3 Å². The number of amides is 1. The van der Waals surface area contributed by atoms with Gasteiger partial charge in [0.05, 0.1) is 11.3 Å². The number of aryl methyl sites for hydroxylation is 1. The molecule has 2 aromatic heterocycles. The van der Waals surface area contributed by atoms with Crippen LogP contribution < -0.4 is 15.8 Å². The van der Waals surface area contributed by atoms with E-state index in [1.807, 2.05) is 49.4 Å². The van der Waals surface area contributed by atoms with Crippen molar-refractivity contribution in [2.45, 2.75) is 20.8 Å². The Hall–Kier alpha value is -5.24. The highest BCUT2D eigenvalue weighted by Crippen LogP contribution is 2.25. The van der Waals surface area contributed by atoms with Crippen LogP contribution in [0.5, 0.6) is 0 Å². The second kappa shape index (κ2) is 10.7. The van der Waals surface area contributed by atoms with Gasteiger partial charge in [-0.3, -0.25) is 4.79 Å². The quantitative estimate of drug-likeness (QED) is 0.228. The Morgan fingerprint density at radius 2 is 1.61 bits per heavy atom. The zero-order valence-electron chi connectivity index (χ0n) is 23.1. The van der Waals surface area contributed by atoms with E-state index in [0.717, 1.165) is 40.9 Å². The largest absolute Gasteiger partial charge is 0.422 e. The molecule has 0 aliphatic heterocycles. The van der Waals surface area contributed by atoms with Crippen LogP contribution in [-0.4, -0.2) is 34.0 Å². The second-order valence-electron chi connectivity index (χ2n) is 9.85. The molecule has 4 aromatic carbocycles. The van der Waals surface area contributed by atoms with Gasteiger partial charge in [-0.2, -0.15) is 4.80 Å². The molecule has 1 amide bonds. The summed E-state index contributed by atoms with van der Waals surface area (Å²) < 4.78 is 5.49. The normalized spacial score (nSPS) is 11.2. The molecule has 6 aromatic rings. The van der Waals surface area contributed by atoms with E-state index >= 15 is 0 Å². The van der Waals surface area contributed by atoms with E-state index in [1.165, 1.54) is 0 Å². The molecule has 0 atom stereocenters. The van der Waals surface area contributed by atoms with Gasteiger partial charge in [-0.15, -0.1) is 10.2 Å². The van der Waals surface area contributed by atoms with Gasteiger partial charge in [0.25, 0.3) is 5.91 Å². The monoisotopic (exact) mass is 543 g/mol. The van der Waals surface area contributed by atoms with Gasteiger partial charge in [-0.25, -0.2) is 4.79 Å². The highest BCUT2D eigenvalue weighted by Gasteiger charge is 2.15. The first kappa shape index (κ1) is 26.0. The molecule has 0 fully saturated rings. The van der Waals surface area contributed by atoms with Gasteiger partial charge in [0.15, 0.2) is 0 Å². The van der Waals surface area contributed by atoms with Crippen molar-refractivity contribution in [2.24, 2.45) is 0 Å². The summed E-state index contributed by atoms with van der Waals surface area (Å²) in [5.41, 5.74) is 6.42. The summed E-state index contributed by atoms with van der Waals surface area (Å²) >= 11 is 0. The number of nitrogens with zero attached hydrogens (tertiary/aromatic N) is 4. The van der Waals surface area contributed by atoms with Gasteiger partial charge in [0.1, 0.15) is 16.6 Å². The Kier molecular flexibility index (Phi) is 6.81. The summed E-state index contributed by atoms with van der Waals surface area (Å²) in [5.74, 6) is -0.293. The number of anilines is 2. The zero-order chi connectivity index (χ0) is 28.5. The lowest BCUT2D eigenvalue weighted by molar-refractivity contribution is 0.102. The van der Waals surface area contributed by atoms with Crippen LogP contribution in [0.15, 0.2) is 100 Å². The number of aromatic nitrogens is 3. The molecule has 2 heterocycles. The molecule has 0 unspecified atom stereocenters. The van der Waals surface area contributed by atoms with Crippen LogP contribution in [0.1, 0.15) is 29.8 Å². The van der Waals surface area contributed by atoms with Crippen LogP contribution in [0.4, 0.5) is 11.4 Å². The maximum atomic E-state index is 13.3. The predicted octanol–water partition coefficient (Wildman–Crippen LogP) is 6.60. The summed E-state index contributed by atoms with van der Waals surface area (Å²) in [6.45, 7) is 8.08. The number of carbonyl (C=O) groups excluding carboxylic acids is 1. The van der Waals surface area contributed by atoms with Crippen LogP contribution in [0.2, 0.25) is 0 Å². The van der Waals surface area contributed by atoms with Crippen molar-refractivity contribution in [3.63, 3.8) is 0 Å². The average Bonchev–Trinajstić information content (AvgIpc) is 3.40. The molecule has 204 valence electrons. The predicted molar refractivity (Wildman–Crippen MR) is 163 cm³/mol. The summed E-state index contributed by atoms with van der Waals surface area (Å²) in [6, 6.07) is 28.0. The molecule has 0 bridgehead atoms. The van der Waals surface area contributed by atoms with Crippen LogP contribution >= 0.6 is 0 Å². The minimum absolute atomic E-state index is 0.293. The first-order chi connectivity index (χ1) is 19.9. The number of hydrogen-bond acceptors (Lipinski definition) is 6. The Labute approximate surface area is 236 Å². The molecule has 0 saturated heterocycles. The van der Waals surface area contributed by atoms with E-state index in [4.69, 9.17) is 4.42 Å². The maximum absolute atomic E-state index is 13.3. The number of rotatable bonds is 7. The second-order valence-corrected chi connectivity index (χ2v) is 9.85. The minimum atomic E-state index is -0.451. The van der Waals surface area contributed by atoms with Crippen molar-refractivity contribution in [1.29, 1.82) is 0 Å². The van der Waals surface area contributed by atoms with Gasteiger partial charge in [0.2, 0.25) is 0 Å². The van der Waals surface area contributed by atoms with E-state index < -0.39 is 5.63 Å². The molecule has 0 radical (unpaired) electrons. The first-order valence-electron chi connectivity index (χ1n) is 13.6. The molecule has 8 nitrogen and oxygen atoms in total. The fraction of sp³-hybridized carbons (Fsp3) is 0.152. The third-order valence-electron chi connectivity index (χ3n) is 7.26. The Balaban J connectivity index is 1.26. The van der Waals surface area contributed by atoms with E-state index in [9.17, 15) is 9.59 Å². The molecule has 0 aliphatic rings. The molecule has 0 aliphatic carbocycles. The van der Waals surface area contributed by atoms with E-state index in [1.54, 1.807) is 41.2 Å². The SMILES string of the molecule is CCN(CC)c1ccc(-n2nc3cc(C)c(NC(=O)c4cccc(-c5cc6ccccc6oc5=O)c4)cc3n2)cc1. The number of benzene rings is 4. The number of hydrogen-bond donors (Lipinski definition) is 1. The number of fused-ring (bicyclic) bond motifs is 2. The molecule has 0 spiro atoms. The number of para-hydroxylation sites is 1. The summed E-state index contributed by atoms with van der Waals surface area (Å²) in [5, 5.41) is 13.1. The lowest BCUT2D eigenvalue weighted by Crippen LogP contribution is -2.21. The van der Waals surface area contributed by atoms with Gasteiger partial charge in [0, 0.05) is 35.4 Å². The molecule has 1 N–H and O–H groups in total. The fourth-order valence-corrected chi connectivity index (χ4v) is 4.99. The van der Waals surface area contributed by atoms with Crippen LogP contribution in [0.25, 0.3) is 38.8 Å². The maximum Gasteiger partial charge on any atom is 0.344 e. The van der Waals surface area contributed by atoms with Crippen molar-refractivity contribution in [3.8, 4) is 16.8 Å². The van der Waals surface area contributed by atoms with E-state index in [0.29, 0.717) is 33.5 Å². The van der Waals surface area contributed by atoms with Gasteiger partial charge in [-0.05, 0) is 92.6 Å². The Morgan fingerprint density at radius 3 is 2.37 bits per heavy atom. The Morgan fingerprint density at radius 1 is 0.878 bits per heavy atom. The van der Waals surface area contributed by atoms with Crippen molar-refractivity contribution >= 4 is 39.3 Å². The third-order valence-corrected chi connectivity index (χ3v) is 7.26. The standard InChI is InChI=1S/C33H29N5O3/c1-4-37(5-2)25-13-15-26(16-14-25)38-35-29-17-21(3)28(20-30(29)36-38)34-32(39)24-11-8-10-22(18-24)27-19-23-9-6-7-12-31(23)41-33(27)40/h6-20H,4-5H2,1-3H3,(H,34,39). The fourth-order valence-electron chi connectivity index (χ4n) is 4.99. The molecular weight excluding hydrogens is 514 g/mol. The number of carbonyl (C=O) groups is 1. The molecular formula is C33H29N5O3. The highest BCUT2D eigenvalue weighted by atomic mass is 16.4. The van der Waals surface area contributed by atoms with E-state index in [2.05, 4.69) is 46.4 Å². The summed E-state index contributed by atoms with van der Waals surface area (Å²) in [4.78, 5) is 29.8. The van der Waals surface area contributed by atoms with Crippen LogP contribution in [-0.2, 0) is 0 Å². The average molecular weight is 544 g/mol. The molecule has 8 heteroatoms. The molecule has 0 saturated carbocycles. The molecule has 6 rings (SSSR count). The lowest BCUT2D eigenvalue weighted by atomic mass is 10.0. The first-order valence-corrected chi connectivity index (χ1v) is 13.6. The minimum Gasteiger partial charge on any atom is -0.422 e. The zero-order valence-corrected chi connectivity index (χ0v) is 23.1. The summed E-state index contributed by atoms with van der Waals surface area (Å²) in [6.07, 6.45) is 0. The van der Waals surface area contributed by atoms with Crippen LogP contribution in [0.3, 0.4) is 0 Å². The smallest absolute Gasteiger partial charge is 0.344 e. The van der Waals surface area contributed by atoms with Gasteiger partial charge >= 0.3 is 5.63 Å². The third kappa shape index (κ3) is 5.07. The van der Waals surface area contributed by atoms with Crippen molar-refractivity contribution in [2.75, 3.05) is 23.3 Å². The van der Waals surface area contributed by atoms with Crippen molar-refractivity contribution in [3.05, 3.63) is 113 Å². The molecule has 41 heavy (non-hydrogen) atoms. The van der Waals surface area contributed by atoms with Crippen LogP contribution in [0, 0.1) is 6.92 Å². The van der Waals surface area contributed by atoms with Gasteiger partial charge in [-0.1, -0.05) is 30.3 Å². The lowest BCUT2D eigenvalue weighted by Gasteiger charge is -2.20. The number of nitrogens with one attached hydrogen (secondary N) is 1.